The predicted octanol–water partition coefficient (Wildman–Crippen LogP) is 6.20. The fourth-order valence-corrected chi connectivity index (χ4v) is 3.87. The number of anilines is 1. The highest BCUT2D eigenvalue weighted by Crippen LogP contribution is 2.43. The molecule has 0 aliphatic heterocycles. The highest BCUT2D eigenvalue weighted by atomic mass is 79.9. The Kier molecular flexibility index (Phi) is 4.59. The largest absolute Gasteiger partial charge is 0.440 e. The van der Waals surface area contributed by atoms with E-state index in [0.717, 1.165) is 28.4 Å². The van der Waals surface area contributed by atoms with Crippen molar-refractivity contribution in [2.24, 2.45) is 0 Å². The van der Waals surface area contributed by atoms with Crippen LogP contribution in [0.4, 0.5) is 5.69 Å². The van der Waals surface area contributed by atoms with E-state index in [1.807, 2.05) is 43.3 Å². The van der Waals surface area contributed by atoms with Crippen molar-refractivity contribution in [1.82, 2.24) is 4.98 Å². The molecule has 0 unspecified atom stereocenters. The molecular formula is C20H16BrClN2O2. The third kappa shape index (κ3) is 3.41. The summed E-state index contributed by atoms with van der Waals surface area (Å²) in [5.41, 5.74) is 2.65. The summed E-state index contributed by atoms with van der Waals surface area (Å²) < 4.78 is 6.82. The van der Waals surface area contributed by atoms with E-state index in [-0.39, 0.29) is 11.8 Å². The van der Waals surface area contributed by atoms with Crippen LogP contribution in [0, 0.1) is 6.92 Å². The van der Waals surface area contributed by atoms with Crippen molar-refractivity contribution in [2.45, 2.75) is 25.7 Å². The van der Waals surface area contributed by atoms with Crippen molar-refractivity contribution >= 4 is 39.1 Å². The topological polar surface area (TPSA) is 55.1 Å². The van der Waals surface area contributed by atoms with Gasteiger partial charge in [0, 0.05) is 16.0 Å². The van der Waals surface area contributed by atoms with Gasteiger partial charge in [0.2, 0.25) is 5.89 Å². The maximum absolute atomic E-state index is 12.9. The third-order valence-electron chi connectivity index (χ3n) is 4.33. The Balaban J connectivity index is 1.69. The summed E-state index contributed by atoms with van der Waals surface area (Å²) in [5, 5.41) is 3.37. The molecule has 6 heteroatoms. The summed E-state index contributed by atoms with van der Waals surface area (Å²) in [4.78, 5) is 17.4. The zero-order valence-electron chi connectivity index (χ0n) is 14.1. The van der Waals surface area contributed by atoms with Crippen molar-refractivity contribution in [2.75, 3.05) is 5.32 Å². The minimum atomic E-state index is -0.301. The maximum atomic E-state index is 12.9. The van der Waals surface area contributed by atoms with Gasteiger partial charge in [-0.05, 0) is 49.6 Å². The van der Waals surface area contributed by atoms with Gasteiger partial charge in [-0.2, -0.15) is 0 Å². The molecule has 4 nitrogen and oxygen atoms in total. The van der Waals surface area contributed by atoms with E-state index in [9.17, 15) is 4.79 Å². The van der Waals surface area contributed by atoms with Gasteiger partial charge in [-0.15, -0.1) is 0 Å². The first-order valence-electron chi connectivity index (χ1n) is 8.36. The predicted molar refractivity (Wildman–Crippen MR) is 106 cm³/mol. The molecule has 0 spiro atoms. The molecule has 132 valence electrons. The number of nitrogens with zero attached hydrogens (tertiary/aromatic N) is 1. The molecule has 1 saturated carbocycles. The molecular weight excluding hydrogens is 416 g/mol. The molecule has 1 N–H and O–H groups in total. The smallest absolute Gasteiger partial charge is 0.277 e. The zero-order valence-corrected chi connectivity index (χ0v) is 16.4. The number of oxazole rings is 1. The van der Waals surface area contributed by atoms with Crippen molar-refractivity contribution < 1.29 is 9.21 Å². The molecule has 0 radical (unpaired) electrons. The van der Waals surface area contributed by atoms with Gasteiger partial charge < -0.3 is 9.73 Å². The van der Waals surface area contributed by atoms with Crippen molar-refractivity contribution in [3.05, 3.63) is 69.0 Å². The van der Waals surface area contributed by atoms with E-state index in [0.29, 0.717) is 28.1 Å². The van der Waals surface area contributed by atoms with Gasteiger partial charge in [-0.25, -0.2) is 4.98 Å². The Labute approximate surface area is 164 Å². The van der Waals surface area contributed by atoms with Crippen LogP contribution in [0.5, 0.6) is 0 Å². The normalized spacial score (nSPS) is 13.7. The van der Waals surface area contributed by atoms with Crippen LogP contribution in [-0.2, 0) is 0 Å². The number of aromatic nitrogens is 1. The number of benzene rings is 2. The number of carbonyl (C=O) groups is 1. The van der Waals surface area contributed by atoms with Crippen molar-refractivity contribution in [3.8, 4) is 11.5 Å². The van der Waals surface area contributed by atoms with Crippen LogP contribution in [0.15, 0.2) is 51.4 Å². The summed E-state index contributed by atoms with van der Waals surface area (Å²) in [7, 11) is 0. The number of aryl methyl sites for hydroxylation is 1. The second-order valence-corrected chi connectivity index (χ2v) is 7.73. The number of hydrogen-bond acceptors (Lipinski definition) is 3. The minimum Gasteiger partial charge on any atom is -0.440 e. The molecule has 0 saturated heterocycles. The summed E-state index contributed by atoms with van der Waals surface area (Å²) in [6.07, 6.45) is 2.03. The Morgan fingerprint density at radius 3 is 2.65 bits per heavy atom. The first-order chi connectivity index (χ1) is 12.5. The number of rotatable bonds is 4. The third-order valence-corrected chi connectivity index (χ3v) is 5.08. The molecule has 1 aliphatic rings. The molecule has 1 amide bonds. The van der Waals surface area contributed by atoms with E-state index >= 15 is 0 Å². The summed E-state index contributed by atoms with van der Waals surface area (Å²) in [6, 6.07) is 13.3. The first kappa shape index (κ1) is 17.3. The average molecular weight is 432 g/mol. The van der Waals surface area contributed by atoms with Crippen molar-refractivity contribution in [1.29, 1.82) is 0 Å². The summed E-state index contributed by atoms with van der Waals surface area (Å²) >= 11 is 9.70. The Hall–Kier alpha value is -2.11. The number of carbonyl (C=O) groups excluding carboxylic acids is 1. The molecule has 1 aliphatic carbocycles. The molecule has 1 fully saturated rings. The van der Waals surface area contributed by atoms with E-state index in [1.165, 1.54) is 0 Å². The van der Waals surface area contributed by atoms with Gasteiger partial charge in [0.25, 0.3) is 5.91 Å². The lowest BCUT2D eigenvalue weighted by Gasteiger charge is -2.10. The molecule has 0 atom stereocenters. The molecule has 3 aromatic rings. The molecule has 2 aromatic carbocycles. The zero-order chi connectivity index (χ0) is 18.3. The number of hydrogen-bond donors (Lipinski definition) is 1. The van der Waals surface area contributed by atoms with Crippen LogP contribution in [0.1, 0.15) is 40.6 Å². The Bertz CT molecular complexity index is 958. The van der Waals surface area contributed by atoms with Gasteiger partial charge >= 0.3 is 0 Å². The molecule has 1 aromatic heterocycles. The highest BCUT2D eigenvalue weighted by Gasteiger charge is 2.34. The number of halogens is 2. The second kappa shape index (κ2) is 6.89. The quantitative estimate of drug-likeness (QED) is 0.535. The SMILES string of the molecule is Cc1cc(Br)cc(Cl)c1NC(=O)c1nc(-c2ccccc2)oc1C1CC1. The van der Waals surface area contributed by atoms with Gasteiger partial charge in [0.05, 0.1) is 10.7 Å². The van der Waals surface area contributed by atoms with Crippen LogP contribution >= 0.6 is 27.5 Å². The fraction of sp³-hybridized carbons (Fsp3) is 0.200. The lowest BCUT2D eigenvalue weighted by molar-refractivity contribution is 0.102. The summed E-state index contributed by atoms with van der Waals surface area (Å²) in [6.45, 7) is 1.90. The molecule has 4 rings (SSSR count). The van der Waals surface area contributed by atoms with Crippen LogP contribution in [0.3, 0.4) is 0 Å². The monoisotopic (exact) mass is 430 g/mol. The maximum Gasteiger partial charge on any atom is 0.277 e. The fourth-order valence-electron chi connectivity index (χ4n) is 2.85. The molecule has 26 heavy (non-hydrogen) atoms. The lowest BCUT2D eigenvalue weighted by Crippen LogP contribution is -2.15. The van der Waals surface area contributed by atoms with Gasteiger partial charge in [-0.3, -0.25) is 4.79 Å². The molecule has 0 bridgehead atoms. The lowest BCUT2D eigenvalue weighted by atomic mass is 10.2. The second-order valence-electron chi connectivity index (χ2n) is 6.41. The van der Waals surface area contributed by atoms with Crippen LogP contribution in [0.2, 0.25) is 5.02 Å². The van der Waals surface area contributed by atoms with E-state index in [2.05, 4.69) is 26.2 Å². The van der Waals surface area contributed by atoms with Crippen LogP contribution in [0.25, 0.3) is 11.5 Å². The number of amides is 1. The van der Waals surface area contributed by atoms with Gasteiger partial charge in [-0.1, -0.05) is 45.7 Å². The highest BCUT2D eigenvalue weighted by molar-refractivity contribution is 9.10. The van der Waals surface area contributed by atoms with E-state index in [1.54, 1.807) is 6.07 Å². The average Bonchev–Trinajstić information content (AvgIpc) is 3.37. The minimum absolute atomic E-state index is 0.266. The standard InChI is InChI=1S/C20H16BrClN2O2/c1-11-9-14(21)10-15(22)16(11)23-19(25)17-18(12-7-8-12)26-20(24-17)13-5-3-2-4-6-13/h2-6,9-10,12H,7-8H2,1H3,(H,23,25). The van der Waals surface area contributed by atoms with Gasteiger partial charge in [0.15, 0.2) is 5.69 Å². The summed E-state index contributed by atoms with van der Waals surface area (Å²) in [5.74, 6) is 1.09. The van der Waals surface area contributed by atoms with E-state index < -0.39 is 0 Å². The molecule has 1 heterocycles. The van der Waals surface area contributed by atoms with Crippen LogP contribution in [-0.4, -0.2) is 10.9 Å². The van der Waals surface area contributed by atoms with Gasteiger partial charge in [0.1, 0.15) is 5.76 Å². The Morgan fingerprint density at radius 1 is 1.27 bits per heavy atom. The van der Waals surface area contributed by atoms with Crippen LogP contribution < -0.4 is 5.32 Å². The Morgan fingerprint density at radius 2 is 2.00 bits per heavy atom. The van der Waals surface area contributed by atoms with E-state index in [4.69, 9.17) is 16.0 Å². The first-order valence-corrected chi connectivity index (χ1v) is 9.53. The number of nitrogens with one attached hydrogen (secondary N) is 1. The van der Waals surface area contributed by atoms with Crippen molar-refractivity contribution in [3.63, 3.8) is 0 Å².